The SMILES string of the molecule is CC(Nc1ccc(Oc2ccccc2)cc1)C1CC=CCC1. The van der Waals surface area contributed by atoms with Gasteiger partial charge in [0, 0.05) is 11.7 Å². The number of nitrogens with one attached hydrogen (secondary N) is 1. The molecule has 0 saturated carbocycles. The van der Waals surface area contributed by atoms with Crippen molar-refractivity contribution in [2.75, 3.05) is 5.32 Å². The molecule has 0 spiro atoms. The highest BCUT2D eigenvalue weighted by Crippen LogP contribution is 2.26. The van der Waals surface area contributed by atoms with Gasteiger partial charge in [-0.1, -0.05) is 30.4 Å². The van der Waals surface area contributed by atoms with Gasteiger partial charge < -0.3 is 10.1 Å². The maximum absolute atomic E-state index is 5.82. The van der Waals surface area contributed by atoms with E-state index in [9.17, 15) is 0 Å². The summed E-state index contributed by atoms with van der Waals surface area (Å²) in [4.78, 5) is 0. The average Bonchev–Trinajstić information content (AvgIpc) is 2.58. The molecule has 2 heteroatoms. The third kappa shape index (κ3) is 3.91. The van der Waals surface area contributed by atoms with Gasteiger partial charge in [-0.3, -0.25) is 0 Å². The number of anilines is 1. The molecule has 2 aromatic carbocycles. The van der Waals surface area contributed by atoms with Gasteiger partial charge in [-0.15, -0.1) is 0 Å². The van der Waals surface area contributed by atoms with Gasteiger partial charge in [-0.2, -0.15) is 0 Å². The molecule has 0 saturated heterocycles. The van der Waals surface area contributed by atoms with E-state index in [-0.39, 0.29) is 0 Å². The molecule has 2 nitrogen and oxygen atoms in total. The summed E-state index contributed by atoms with van der Waals surface area (Å²) >= 11 is 0. The lowest BCUT2D eigenvalue weighted by atomic mass is 9.88. The monoisotopic (exact) mass is 293 g/mol. The van der Waals surface area contributed by atoms with E-state index in [4.69, 9.17) is 4.74 Å². The molecule has 0 fully saturated rings. The highest BCUT2D eigenvalue weighted by atomic mass is 16.5. The summed E-state index contributed by atoms with van der Waals surface area (Å²) < 4.78 is 5.82. The highest BCUT2D eigenvalue weighted by Gasteiger charge is 2.17. The molecule has 3 rings (SSSR count). The first-order chi connectivity index (χ1) is 10.8. The first-order valence-corrected chi connectivity index (χ1v) is 8.06. The van der Waals surface area contributed by atoms with E-state index in [1.807, 2.05) is 42.5 Å². The van der Waals surface area contributed by atoms with Crippen molar-refractivity contribution in [2.24, 2.45) is 5.92 Å². The number of benzene rings is 2. The quantitative estimate of drug-likeness (QED) is 0.721. The van der Waals surface area contributed by atoms with Crippen molar-refractivity contribution in [1.82, 2.24) is 0 Å². The Morgan fingerprint density at radius 3 is 2.36 bits per heavy atom. The van der Waals surface area contributed by atoms with Gasteiger partial charge in [0.25, 0.3) is 0 Å². The molecule has 0 aliphatic heterocycles. The fourth-order valence-corrected chi connectivity index (χ4v) is 2.90. The van der Waals surface area contributed by atoms with Crippen LogP contribution in [-0.4, -0.2) is 6.04 Å². The van der Waals surface area contributed by atoms with Crippen LogP contribution in [0.5, 0.6) is 11.5 Å². The van der Waals surface area contributed by atoms with Gasteiger partial charge in [0.15, 0.2) is 0 Å². The summed E-state index contributed by atoms with van der Waals surface area (Å²) in [7, 11) is 0. The molecule has 114 valence electrons. The van der Waals surface area contributed by atoms with Crippen molar-refractivity contribution in [2.45, 2.75) is 32.2 Å². The Kier molecular flexibility index (Phi) is 4.79. The largest absolute Gasteiger partial charge is 0.457 e. The zero-order valence-corrected chi connectivity index (χ0v) is 13.0. The molecule has 2 unspecified atom stereocenters. The van der Waals surface area contributed by atoms with Crippen LogP contribution in [0.1, 0.15) is 26.2 Å². The molecule has 1 aliphatic carbocycles. The van der Waals surface area contributed by atoms with Gasteiger partial charge in [0.05, 0.1) is 0 Å². The molecule has 0 radical (unpaired) electrons. The lowest BCUT2D eigenvalue weighted by Gasteiger charge is -2.26. The third-order valence-electron chi connectivity index (χ3n) is 4.24. The molecule has 22 heavy (non-hydrogen) atoms. The van der Waals surface area contributed by atoms with Gasteiger partial charge in [0.1, 0.15) is 11.5 Å². The summed E-state index contributed by atoms with van der Waals surface area (Å²) in [6.45, 7) is 2.28. The maximum Gasteiger partial charge on any atom is 0.127 e. The molecule has 1 N–H and O–H groups in total. The smallest absolute Gasteiger partial charge is 0.127 e. The maximum atomic E-state index is 5.82. The third-order valence-corrected chi connectivity index (χ3v) is 4.24. The molecule has 2 atom stereocenters. The summed E-state index contributed by atoms with van der Waals surface area (Å²) in [5.74, 6) is 2.46. The minimum atomic E-state index is 0.492. The van der Waals surface area contributed by atoms with Crippen LogP contribution < -0.4 is 10.1 Å². The van der Waals surface area contributed by atoms with Crippen LogP contribution in [-0.2, 0) is 0 Å². The predicted octanol–water partition coefficient (Wildman–Crippen LogP) is 5.64. The fourth-order valence-electron chi connectivity index (χ4n) is 2.90. The van der Waals surface area contributed by atoms with Gasteiger partial charge >= 0.3 is 0 Å². The Morgan fingerprint density at radius 1 is 0.955 bits per heavy atom. The number of allylic oxidation sites excluding steroid dienone is 2. The Bertz CT molecular complexity index is 603. The second-order valence-corrected chi connectivity index (χ2v) is 5.92. The normalized spacial score (nSPS) is 18.7. The Hall–Kier alpha value is -2.22. The van der Waals surface area contributed by atoms with Crippen molar-refractivity contribution in [3.63, 3.8) is 0 Å². The zero-order chi connectivity index (χ0) is 15.2. The van der Waals surface area contributed by atoms with Crippen LogP contribution in [0.15, 0.2) is 66.7 Å². The average molecular weight is 293 g/mol. The van der Waals surface area contributed by atoms with E-state index < -0.39 is 0 Å². The van der Waals surface area contributed by atoms with E-state index in [0.29, 0.717) is 6.04 Å². The molecule has 0 bridgehead atoms. The summed E-state index contributed by atoms with van der Waals surface area (Å²) in [6.07, 6.45) is 8.27. The van der Waals surface area contributed by atoms with Crippen LogP contribution >= 0.6 is 0 Å². The zero-order valence-electron chi connectivity index (χ0n) is 13.0. The number of ether oxygens (including phenoxy) is 1. The second-order valence-electron chi connectivity index (χ2n) is 5.92. The van der Waals surface area contributed by atoms with Gasteiger partial charge in [0.2, 0.25) is 0 Å². The van der Waals surface area contributed by atoms with E-state index in [2.05, 4.69) is 36.5 Å². The van der Waals surface area contributed by atoms with Crippen molar-refractivity contribution in [1.29, 1.82) is 0 Å². The molecular formula is C20H23NO. The van der Waals surface area contributed by atoms with E-state index >= 15 is 0 Å². The van der Waals surface area contributed by atoms with Crippen LogP contribution in [0.3, 0.4) is 0 Å². The second kappa shape index (κ2) is 7.17. The lowest BCUT2D eigenvalue weighted by Crippen LogP contribution is -2.26. The standard InChI is InChI=1S/C20H23NO/c1-16(17-8-4-2-5-9-17)21-18-12-14-20(15-13-18)22-19-10-6-3-7-11-19/h2-4,6-7,10-17,21H,5,8-9H2,1H3. The molecular weight excluding hydrogens is 270 g/mol. The number of rotatable bonds is 5. The Morgan fingerprint density at radius 2 is 1.68 bits per heavy atom. The van der Waals surface area contributed by atoms with E-state index in [1.165, 1.54) is 19.3 Å². The van der Waals surface area contributed by atoms with Crippen LogP contribution in [0, 0.1) is 5.92 Å². The topological polar surface area (TPSA) is 21.3 Å². The summed E-state index contributed by atoms with van der Waals surface area (Å²) in [5, 5.41) is 3.61. The molecule has 0 heterocycles. The van der Waals surface area contributed by atoms with Crippen molar-refractivity contribution in [3.8, 4) is 11.5 Å². The van der Waals surface area contributed by atoms with Crippen molar-refractivity contribution < 1.29 is 4.74 Å². The van der Waals surface area contributed by atoms with Crippen molar-refractivity contribution in [3.05, 3.63) is 66.7 Å². The molecule has 2 aromatic rings. The first kappa shape index (κ1) is 14.7. The molecule has 0 aromatic heterocycles. The molecule has 1 aliphatic rings. The number of hydrogen-bond acceptors (Lipinski definition) is 2. The van der Waals surface area contributed by atoms with E-state index in [1.54, 1.807) is 0 Å². The minimum Gasteiger partial charge on any atom is -0.457 e. The lowest BCUT2D eigenvalue weighted by molar-refractivity contribution is 0.428. The fraction of sp³-hybridized carbons (Fsp3) is 0.300. The summed E-state index contributed by atoms with van der Waals surface area (Å²) in [6, 6.07) is 18.6. The number of hydrogen-bond donors (Lipinski definition) is 1. The van der Waals surface area contributed by atoms with Gasteiger partial charge in [-0.25, -0.2) is 0 Å². The Labute approximate surface area is 132 Å². The van der Waals surface area contributed by atoms with Crippen molar-refractivity contribution >= 4 is 5.69 Å². The Balaban J connectivity index is 1.58. The molecule has 0 amide bonds. The van der Waals surface area contributed by atoms with E-state index in [0.717, 1.165) is 23.1 Å². The minimum absolute atomic E-state index is 0.492. The number of para-hydroxylation sites is 1. The highest BCUT2D eigenvalue weighted by molar-refractivity contribution is 5.48. The summed E-state index contributed by atoms with van der Waals surface area (Å²) in [5.41, 5.74) is 1.16. The predicted molar refractivity (Wildman–Crippen MR) is 92.5 cm³/mol. The van der Waals surface area contributed by atoms with Gasteiger partial charge in [-0.05, 0) is 68.5 Å². The van der Waals surface area contributed by atoms with Crippen LogP contribution in [0.2, 0.25) is 0 Å². The first-order valence-electron chi connectivity index (χ1n) is 8.06. The van der Waals surface area contributed by atoms with Crippen LogP contribution in [0.25, 0.3) is 0 Å². The van der Waals surface area contributed by atoms with Crippen LogP contribution in [0.4, 0.5) is 5.69 Å².